The van der Waals surface area contributed by atoms with Crippen molar-refractivity contribution in [2.75, 3.05) is 26.2 Å². The lowest BCUT2D eigenvalue weighted by molar-refractivity contribution is -0.908. The van der Waals surface area contributed by atoms with E-state index in [9.17, 15) is 9.90 Å². The van der Waals surface area contributed by atoms with Gasteiger partial charge in [-0.05, 0) is 22.9 Å². The van der Waals surface area contributed by atoms with Gasteiger partial charge in [-0.15, -0.1) is 0 Å². The molecule has 1 aliphatic heterocycles. The van der Waals surface area contributed by atoms with Gasteiger partial charge < -0.3 is 20.5 Å². The Labute approximate surface area is 142 Å². The van der Waals surface area contributed by atoms with E-state index in [4.69, 9.17) is 10.5 Å². The molecule has 1 fully saturated rings. The number of ether oxygens (including phenoxy) is 1. The van der Waals surface area contributed by atoms with E-state index in [1.807, 2.05) is 36.4 Å². The number of nitrogens with one attached hydrogen (secondary N) is 1. The van der Waals surface area contributed by atoms with Gasteiger partial charge in [-0.3, -0.25) is 4.79 Å². The number of hydrogen-bond donors (Lipinski definition) is 3. The van der Waals surface area contributed by atoms with Crippen molar-refractivity contribution in [3.63, 3.8) is 0 Å². The summed E-state index contributed by atoms with van der Waals surface area (Å²) in [7, 11) is 0. The molecule has 128 valence electrons. The molecule has 0 aliphatic carbocycles. The Morgan fingerprint density at radius 3 is 2.62 bits per heavy atom. The second-order valence-electron chi connectivity index (χ2n) is 6.60. The number of amides is 1. The van der Waals surface area contributed by atoms with Crippen LogP contribution in [0.2, 0.25) is 0 Å². The minimum Gasteiger partial charge on any atom is -0.491 e. The second-order valence-corrected chi connectivity index (χ2v) is 6.60. The molecule has 1 saturated heterocycles. The van der Waals surface area contributed by atoms with E-state index in [0.29, 0.717) is 6.54 Å². The summed E-state index contributed by atoms with van der Waals surface area (Å²) < 4.78 is 5.74. The summed E-state index contributed by atoms with van der Waals surface area (Å²) in [6, 6.07) is 14.1. The predicted octanol–water partition coefficient (Wildman–Crippen LogP) is 0.360. The van der Waals surface area contributed by atoms with Crippen molar-refractivity contribution < 1.29 is 19.5 Å². The number of primary amides is 1. The molecule has 0 bridgehead atoms. The van der Waals surface area contributed by atoms with E-state index < -0.39 is 6.10 Å². The molecule has 1 atom stereocenters. The molecule has 0 aromatic heterocycles. The predicted molar refractivity (Wildman–Crippen MR) is 92.9 cm³/mol. The first-order chi connectivity index (χ1) is 11.6. The minimum absolute atomic E-state index is 0.000238. The summed E-state index contributed by atoms with van der Waals surface area (Å²) in [5, 5.41) is 12.5. The molecule has 5 nitrogen and oxygen atoms in total. The molecule has 1 amide bonds. The van der Waals surface area contributed by atoms with Crippen molar-refractivity contribution in [3.8, 4) is 5.75 Å². The van der Waals surface area contributed by atoms with Gasteiger partial charge in [-0.2, -0.15) is 0 Å². The molecule has 2 aromatic carbocycles. The average molecular weight is 329 g/mol. The highest BCUT2D eigenvalue weighted by Crippen LogP contribution is 2.20. The van der Waals surface area contributed by atoms with Crippen molar-refractivity contribution in [1.29, 1.82) is 0 Å². The first-order valence-electron chi connectivity index (χ1n) is 8.54. The fraction of sp³-hybridized carbons (Fsp3) is 0.421. The lowest BCUT2D eigenvalue weighted by atomic mass is 9.96. The van der Waals surface area contributed by atoms with Gasteiger partial charge in [-0.25, -0.2) is 0 Å². The van der Waals surface area contributed by atoms with Gasteiger partial charge in [0.2, 0.25) is 5.91 Å². The molecule has 0 radical (unpaired) electrons. The largest absolute Gasteiger partial charge is 0.491 e. The van der Waals surface area contributed by atoms with Crippen molar-refractivity contribution in [2.45, 2.75) is 18.9 Å². The van der Waals surface area contributed by atoms with Crippen LogP contribution in [0.4, 0.5) is 0 Å². The number of carbonyl (C=O) groups excluding carboxylic acids is 1. The van der Waals surface area contributed by atoms with Crippen LogP contribution in [-0.2, 0) is 4.79 Å². The third kappa shape index (κ3) is 4.24. The maximum atomic E-state index is 11.2. The van der Waals surface area contributed by atoms with Crippen LogP contribution in [0.1, 0.15) is 12.8 Å². The van der Waals surface area contributed by atoms with Gasteiger partial charge in [0.05, 0.1) is 13.1 Å². The fourth-order valence-corrected chi connectivity index (χ4v) is 3.36. The first-order valence-corrected chi connectivity index (χ1v) is 8.54. The van der Waals surface area contributed by atoms with Gasteiger partial charge in [-0.1, -0.05) is 30.3 Å². The Hall–Kier alpha value is -2.11. The number of fused-ring (bicyclic) bond motifs is 1. The minimum atomic E-state index is -0.517. The Morgan fingerprint density at radius 2 is 1.92 bits per heavy atom. The van der Waals surface area contributed by atoms with Crippen molar-refractivity contribution in [3.05, 3.63) is 42.5 Å². The lowest BCUT2D eigenvalue weighted by Gasteiger charge is -2.29. The third-order valence-corrected chi connectivity index (χ3v) is 4.78. The van der Waals surface area contributed by atoms with E-state index in [0.717, 1.165) is 37.1 Å². The van der Waals surface area contributed by atoms with Crippen molar-refractivity contribution >= 4 is 16.7 Å². The van der Waals surface area contributed by atoms with E-state index in [-0.39, 0.29) is 18.4 Å². The van der Waals surface area contributed by atoms with Crippen molar-refractivity contribution in [2.24, 2.45) is 11.7 Å². The van der Waals surface area contributed by atoms with Gasteiger partial charge >= 0.3 is 0 Å². The summed E-state index contributed by atoms with van der Waals surface area (Å²) >= 11 is 0. The zero-order valence-electron chi connectivity index (χ0n) is 13.8. The van der Waals surface area contributed by atoms with Gasteiger partial charge in [0.1, 0.15) is 25.0 Å². The average Bonchev–Trinajstić information content (AvgIpc) is 2.60. The van der Waals surface area contributed by atoms with E-state index >= 15 is 0 Å². The second kappa shape index (κ2) is 7.64. The van der Waals surface area contributed by atoms with Gasteiger partial charge in [0.15, 0.2) is 0 Å². The number of carbonyl (C=O) groups is 1. The highest BCUT2D eigenvalue weighted by molar-refractivity contribution is 5.83. The molecule has 0 unspecified atom stereocenters. The van der Waals surface area contributed by atoms with E-state index in [1.54, 1.807) is 0 Å². The molecule has 1 aliphatic rings. The number of quaternary nitrogens is 1. The number of benzene rings is 2. The standard InChI is InChI=1S/C19H24N2O3/c20-19(23)15-7-9-21(10-8-15)12-17(22)13-24-18-6-5-14-3-1-2-4-16(14)11-18/h1-6,11,15,17,22H,7-10,12-13H2,(H2,20,23)/p+1/t17-/m1/s1. The van der Waals surface area contributed by atoms with Crippen LogP contribution >= 0.6 is 0 Å². The number of nitrogens with two attached hydrogens (primary N) is 1. The Kier molecular flexibility index (Phi) is 5.33. The number of likely N-dealkylation sites (tertiary alicyclic amines) is 1. The Balaban J connectivity index is 1.46. The molecule has 5 heteroatoms. The molecule has 4 N–H and O–H groups in total. The van der Waals surface area contributed by atoms with Crippen LogP contribution in [0.15, 0.2) is 42.5 Å². The van der Waals surface area contributed by atoms with E-state index in [2.05, 4.69) is 6.07 Å². The van der Waals surface area contributed by atoms with Crippen LogP contribution in [0.25, 0.3) is 10.8 Å². The highest BCUT2D eigenvalue weighted by Gasteiger charge is 2.27. The monoisotopic (exact) mass is 329 g/mol. The van der Waals surface area contributed by atoms with Crippen LogP contribution in [0, 0.1) is 5.92 Å². The maximum Gasteiger partial charge on any atom is 0.220 e. The number of aliphatic hydroxyl groups is 1. The SMILES string of the molecule is NC(=O)C1CC[NH+](C[C@@H](O)COc2ccc3ccccc3c2)CC1. The Morgan fingerprint density at radius 1 is 1.21 bits per heavy atom. The molecular formula is C19H25N2O3+. The summed E-state index contributed by atoms with van der Waals surface area (Å²) in [6.07, 6.45) is 1.10. The normalized spacial score (nSPS) is 22.2. The van der Waals surface area contributed by atoms with Crippen molar-refractivity contribution in [1.82, 2.24) is 0 Å². The fourth-order valence-electron chi connectivity index (χ4n) is 3.36. The molecule has 24 heavy (non-hydrogen) atoms. The van der Waals surface area contributed by atoms with Gasteiger partial charge in [0, 0.05) is 18.8 Å². The molecule has 0 saturated carbocycles. The summed E-state index contributed by atoms with van der Waals surface area (Å²) in [4.78, 5) is 12.5. The van der Waals surface area contributed by atoms with Crippen LogP contribution in [-0.4, -0.2) is 43.4 Å². The summed E-state index contributed by atoms with van der Waals surface area (Å²) in [5.41, 5.74) is 5.35. The smallest absolute Gasteiger partial charge is 0.220 e. The number of rotatable bonds is 6. The molecule has 3 rings (SSSR count). The van der Waals surface area contributed by atoms with Crippen LogP contribution < -0.4 is 15.4 Å². The Bertz CT molecular complexity index is 696. The summed E-state index contributed by atoms with van der Waals surface area (Å²) in [5.74, 6) is 0.573. The molecule has 1 heterocycles. The van der Waals surface area contributed by atoms with Crippen LogP contribution in [0.3, 0.4) is 0 Å². The highest BCUT2D eigenvalue weighted by atomic mass is 16.5. The lowest BCUT2D eigenvalue weighted by Crippen LogP contribution is -3.14. The zero-order valence-corrected chi connectivity index (χ0v) is 13.8. The number of hydrogen-bond acceptors (Lipinski definition) is 3. The molecular weight excluding hydrogens is 304 g/mol. The zero-order chi connectivity index (χ0) is 16.9. The number of piperidine rings is 1. The number of aliphatic hydroxyl groups excluding tert-OH is 1. The first kappa shape index (κ1) is 16.7. The third-order valence-electron chi connectivity index (χ3n) is 4.78. The summed E-state index contributed by atoms with van der Waals surface area (Å²) in [6.45, 7) is 2.67. The van der Waals surface area contributed by atoms with E-state index in [1.165, 1.54) is 10.3 Å². The van der Waals surface area contributed by atoms with Crippen LogP contribution in [0.5, 0.6) is 5.75 Å². The quantitative estimate of drug-likeness (QED) is 0.716. The molecule has 0 spiro atoms. The molecule has 2 aromatic rings. The van der Waals surface area contributed by atoms with Gasteiger partial charge in [0.25, 0.3) is 0 Å². The topological polar surface area (TPSA) is 77.0 Å². The maximum absolute atomic E-state index is 11.2.